The first-order valence-corrected chi connectivity index (χ1v) is 8.14. The van der Waals surface area contributed by atoms with E-state index in [4.69, 9.17) is 14.6 Å². The number of rotatable bonds is 3. The first-order valence-electron chi connectivity index (χ1n) is 8.14. The number of fused-ring (bicyclic) bond motifs is 1. The van der Waals surface area contributed by atoms with E-state index < -0.39 is 23.8 Å². The molecule has 0 radical (unpaired) electrons. The van der Waals surface area contributed by atoms with Crippen molar-refractivity contribution in [3.63, 3.8) is 0 Å². The van der Waals surface area contributed by atoms with Gasteiger partial charge in [-0.05, 0) is 67.8 Å². The van der Waals surface area contributed by atoms with Crippen LogP contribution in [0.5, 0.6) is 17.2 Å². The molecule has 1 aliphatic heterocycles. The van der Waals surface area contributed by atoms with E-state index in [9.17, 15) is 18.0 Å². The summed E-state index contributed by atoms with van der Waals surface area (Å²) in [5, 5.41) is 9.05. The second-order valence-electron chi connectivity index (χ2n) is 6.43. The van der Waals surface area contributed by atoms with Gasteiger partial charge in [-0.2, -0.15) is 13.2 Å². The van der Waals surface area contributed by atoms with E-state index in [2.05, 4.69) is 0 Å². The minimum absolute atomic E-state index is 0.0830. The molecular weight excluding hydrogens is 361 g/mol. The lowest BCUT2D eigenvalue weighted by Gasteiger charge is -2.27. The average molecular weight is 378 g/mol. The maximum absolute atomic E-state index is 13.2. The van der Waals surface area contributed by atoms with Crippen molar-refractivity contribution in [1.29, 1.82) is 0 Å². The van der Waals surface area contributed by atoms with E-state index in [1.54, 1.807) is 6.07 Å². The van der Waals surface area contributed by atoms with Gasteiger partial charge in [0.05, 0.1) is 5.57 Å². The molecule has 7 heteroatoms. The summed E-state index contributed by atoms with van der Waals surface area (Å²) in [5.74, 6) is -0.903. The Morgan fingerprint density at radius 3 is 2.26 bits per heavy atom. The van der Waals surface area contributed by atoms with Crippen LogP contribution in [0.1, 0.15) is 22.3 Å². The summed E-state index contributed by atoms with van der Waals surface area (Å²) in [6, 6.07) is 8.02. The molecule has 0 bridgehead atoms. The minimum Gasteiger partial charge on any atom is -0.478 e. The number of ether oxygens (including phenoxy) is 2. The molecule has 1 aliphatic rings. The number of aliphatic carboxylic acids is 1. The number of aryl methyl sites for hydroxylation is 2. The topological polar surface area (TPSA) is 55.8 Å². The number of carboxylic acids is 1. The van der Waals surface area contributed by atoms with Crippen molar-refractivity contribution in [2.24, 2.45) is 0 Å². The lowest BCUT2D eigenvalue weighted by molar-refractivity contribution is -0.187. The molecule has 1 heterocycles. The molecule has 0 amide bonds. The number of carbonyl (C=O) groups is 1. The Kier molecular flexibility index (Phi) is 4.63. The number of hydrogen-bond donors (Lipinski definition) is 1. The fourth-order valence-corrected chi connectivity index (χ4v) is 2.84. The molecular formula is C20H17F3O4. The van der Waals surface area contributed by atoms with Crippen molar-refractivity contribution in [1.82, 2.24) is 0 Å². The Bertz CT molecular complexity index is 922. The second kappa shape index (κ2) is 6.64. The third-order valence-corrected chi connectivity index (χ3v) is 4.50. The summed E-state index contributed by atoms with van der Waals surface area (Å²) in [4.78, 5) is 11.1. The molecule has 2 aromatic carbocycles. The molecule has 4 nitrogen and oxygen atoms in total. The third kappa shape index (κ3) is 3.77. The summed E-state index contributed by atoms with van der Waals surface area (Å²) >= 11 is 0. The van der Waals surface area contributed by atoms with Crippen LogP contribution >= 0.6 is 0 Å². The van der Waals surface area contributed by atoms with Gasteiger partial charge in [-0.1, -0.05) is 0 Å². The van der Waals surface area contributed by atoms with Crippen LogP contribution in [0.25, 0.3) is 6.08 Å². The van der Waals surface area contributed by atoms with Crippen molar-refractivity contribution >= 4 is 12.0 Å². The van der Waals surface area contributed by atoms with Gasteiger partial charge in [0.25, 0.3) is 0 Å². The van der Waals surface area contributed by atoms with Crippen LogP contribution < -0.4 is 9.47 Å². The average Bonchev–Trinajstić information content (AvgIpc) is 2.57. The Labute approximate surface area is 153 Å². The van der Waals surface area contributed by atoms with Crippen molar-refractivity contribution < 1.29 is 32.5 Å². The summed E-state index contributed by atoms with van der Waals surface area (Å²) in [7, 11) is 0. The van der Waals surface area contributed by atoms with Crippen LogP contribution in [0, 0.1) is 20.8 Å². The number of carboxylic acid groups (broad SMARTS) is 1. The van der Waals surface area contributed by atoms with Crippen LogP contribution in [0.4, 0.5) is 13.2 Å². The molecule has 27 heavy (non-hydrogen) atoms. The number of benzene rings is 2. The summed E-state index contributed by atoms with van der Waals surface area (Å²) in [6.07, 6.45) is -6.39. The zero-order valence-corrected chi connectivity index (χ0v) is 14.8. The molecule has 142 valence electrons. The lowest BCUT2D eigenvalue weighted by atomic mass is 10.0. The van der Waals surface area contributed by atoms with Gasteiger partial charge in [-0.3, -0.25) is 0 Å². The van der Waals surface area contributed by atoms with Gasteiger partial charge in [0.2, 0.25) is 6.10 Å². The van der Waals surface area contributed by atoms with Gasteiger partial charge in [-0.25, -0.2) is 4.79 Å². The molecule has 0 saturated carbocycles. The van der Waals surface area contributed by atoms with Crippen molar-refractivity contribution in [2.45, 2.75) is 33.1 Å². The molecule has 1 N–H and O–H groups in total. The van der Waals surface area contributed by atoms with Crippen LogP contribution in [0.15, 0.2) is 35.9 Å². The van der Waals surface area contributed by atoms with Gasteiger partial charge in [-0.15, -0.1) is 0 Å². The molecule has 2 aromatic rings. The monoisotopic (exact) mass is 378 g/mol. The fourth-order valence-electron chi connectivity index (χ4n) is 2.84. The van der Waals surface area contributed by atoms with Gasteiger partial charge < -0.3 is 14.6 Å². The largest absolute Gasteiger partial charge is 0.478 e. The molecule has 1 unspecified atom stereocenters. The van der Waals surface area contributed by atoms with Gasteiger partial charge in [0.15, 0.2) is 0 Å². The normalized spacial score (nSPS) is 16.2. The zero-order valence-electron chi connectivity index (χ0n) is 14.8. The molecule has 0 fully saturated rings. The van der Waals surface area contributed by atoms with Crippen LogP contribution in [-0.2, 0) is 4.79 Å². The predicted molar refractivity (Wildman–Crippen MR) is 93.3 cm³/mol. The summed E-state index contributed by atoms with van der Waals surface area (Å²) < 4.78 is 50.2. The highest BCUT2D eigenvalue weighted by atomic mass is 19.4. The first kappa shape index (κ1) is 18.8. The van der Waals surface area contributed by atoms with Gasteiger partial charge in [0.1, 0.15) is 17.2 Å². The first-order chi connectivity index (χ1) is 12.6. The van der Waals surface area contributed by atoms with E-state index in [0.717, 1.165) is 22.8 Å². The fraction of sp³-hybridized carbons (Fsp3) is 0.250. The maximum atomic E-state index is 13.2. The summed E-state index contributed by atoms with van der Waals surface area (Å²) in [6.45, 7) is 5.87. The van der Waals surface area contributed by atoms with E-state index in [1.807, 2.05) is 32.9 Å². The number of alkyl halides is 3. The van der Waals surface area contributed by atoms with E-state index >= 15 is 0 Å². The Balaban J connectivity index is 1.95. The molecule has 3 rings (SSSR count). The Hall–Kier alpha value is -2.96. The SMILES string of the molecule is Cc1cc(Oc2ccc3c(c2)OC(C(F)(F)F)C(C(=O)O)=C3)cc(C)c1C. The standard InChI is InChI=1S/C20H17F3O4/c1-10-6-15(7-11(2)12(10)3)26-14-5-4-13-8-16(19(24)25)18(20(21,22)23)27-17(13)9-14/h4-9,18H,1-3H3,(H,24,25). The van der Waals surface area contributed by atoms with E-state index in [0.29, 0.717) is 11.5 Å². The molecule has 1 atom stereocenters. The van der Waals surface area contributed by atoms with E-state index in [-0.39, 0.29) is 11.3 Å². The predicted octanol–water partition coefficient (Wildman–Crippen LogP) is 5.20. The number of hydrogen-bond acceptors (Lipinski definition) is 3. The van der Waals surface area contributed by atoms with Crippen LogP contribution in [0.3, 0.4) is 0 Å². The number of halogens is 3. The lowest BCUT2D eigenvalue weighted by Crippen LogP contribution is -2.40. The summed E-state index contributed by atoms with van der Waals surface area (Å²) in [5.41, 5.74) is 2.59. The minimum atomic E-state index is -4.84. The molecule has 0 aromatic heterocycles. The Morgan fingerprint density at radius 1 is 1.07 bits per heavy atom. The van der Waals surface area contributed by atoms with Gasteiger partial charge >= 0.3 is 12.1 Å². The van der Waals surface area contributed by atoms with Gasteiger partial charge in [0, 0.05) is 11.6 Å². The molecule has 0 aliphatic carbocycles. The van der Waals surface area contributed by atoms with Crippen LogP contribution in [0.2, 0.25) is 0 Å². The molecule has 0 spiro atoms. The Morgan fingerprint density at radius 2 is 1.70 bits per heavy atom. The molecule has 0 saturated heterocycles. The third-order valence-electron chi connectivity index (χ3n) is 4.50. The van der Waals surface area contributed by atoms with E-state index in [1.165, 1.54) is 12.1 Å². The highest BCUT2D eigenvalue weighted by molar-refractivity contribution is 5.95. The maximum Gasteiger partial charge on any atom is 0.430 e. The van der Waals surface area contributed by atoms with Crippen LogP contribution in [-0.4, -0.2) is 23.4 Å². The van der Waals surface area contributed by atoms with Crippen molar-refractivity contribution in [3.05, 3.63) is 58.2 Å². The van der Waals surface area contributed by atoms with Crippen molar-refractivity contribution in [2.75, 3.05) is 0 Å². The smallest absolute Gasteiger partial charge is 0.430 e. The van der Waals surface area contributed by atoms with Crippen molar-refractivity contribution in [3.8, 4) is 17.2 Å². The second-order valence-corrected chi connectivity index (χ2v) is 6.43. The zero-order chi connectivity index (χ0) is 19.9. The highest BCUT2D eigenvalue weighted by Gasteiger charge is 2.48. The highest BCUT2D eigenvalue weighted by Crippen LogP contribution is 2.39. The quantitative estimate of drug-likeness (QED) is 0.798.